The average Bonchev–Trinajstić information content (AvgIpc) is 3.53. The molecule has 4 aromatic rings. The lowest BCUT2D eigenvalue weighted by molar-refractivity contribution is -0.255. The Morgan fingerprint density at radius 1 is 0.909 bits per heavy atom. The van der Waals surface area contributed by atoms with Crippen molar-refractivity contribution in [2.75, 3.05) is 38.2 Å². The molecule has 3 fully saturated rings. The van der Waals surface area contributed by atoms with Gasteiger partial charge in [-0.05, 0) is 35.4 Å². The van der Waals surface area contributed by atoms with E-state index in [4.69, 9.17) is 18.9 Å². The van der Waals surface area contributed by atoms with Crippen molar-refractivity contribution in [3.63, 3.8) is 0 Å². The smallest absolute Gasteiger partial charge is 0.275 e. The van der Waals surface area contributed by atoms with Gasteiger partial charge in [-0.1, -0.05) is 48.5 Å². The number of benzene rings is 3. The molecule has 3 aromatic carbocycles. The number of nitrogens with one attached hydrogen (secondary N) is 1. The van der Waals surface area contributed by atoms with Gasteiger partial charge in [0.25, 0.3) is 5.91 Å². The number of likely N-dealkylation sites (tertiary alicyclic amines) is 1. The Balaban J connectivity index is 1.04. The van der Waals surface area contributed by atoms with Crippen LogP contribution in [-0.2, 0) is 25.6 Å². The Bertz CT molecular complexity index is 1580. The predicted molar refractivity (Wildman–Crippen MR) is 163 cm³/mol. The molecule has 0 unspecified atom stereocenters. The largest absolute Gasteiger partial charge is 0.392 e. The zero-order valence-electron chi connectivity index (χ0n) is 24.4. The van der Waals surface area contributed by atoms with Crippen molar-refractivity contribution < 1.29 is 28.8 Å². The number of carbonyl (C=O) groups is 1. The number of amides is 1. The summed E-state index contributed by atoms with van der Waals surface area (Å²) < 4.78 is 24.9. The second-order valence-electron chi connectivity index (χ2n) is 11.6. The van der Waals surface area contributed by atoms with Crippen LogP contribution in [0.1, 0.15) is 58.8 Å². The van der Waals surface area contributed by atoms with Gasteiger partial charge in [0.1, 0.15) is 5.69 Å². The summed E-state index contributed by atoms with van der Waals surface area (Å²) in [5.74, 6) is -0.741. The van der Waals surface area contributed by atoms with Crippen LogP contribution in [0.15, 0.2) is 79.0 Å². The first-order chi connectivity index (χ1) is 21.6. The van der Waals surface area contributed by atoms with Crippen molar-refractivity contribution >= 4 is 22.6 Å². The number of carbonyl (C=O) groups excluding carboxylic acids is 1. The fraction of sp³-hybridized carbons (Fsp3) is 0.382. The number of rotatable bonds is 7. The molecule has 0 radical (unpaired) electrons. The number of hydrogen-bond acceptors (Lipinski definition) is 9. The number of piperidine rings is 1. The molecule has 3 aliphatic rings. The molecule has 44 heavy (non-hydrogen) atoms. The Kier molecular flexibility index (Phi) is 8.35. The average molecular weight is 597 g/mol. The number of hydrogen-bond donors (Lipinski definition) is 2. The summed E-state index contributed by atoms with van der Waals surface area (Å²) >= 11 is 0. The molecule has 7 rings (SSSR count). The van der Waals surface area contributed by atoms with Crippen molar-refractivity contribution in [3.8, 4) is 0 Å². The molecule has 1 amide bonds. The van der Waals surface area contributed by atoms with Gasteiger partial charge in [-0.2, -0.15) is 0 Å². The van der Waals surface area contributed by atoms with Crippen molar-refractivity contribution in [3.05, 3.63) is 101 Å². The van der Waals surface area contributed by atoms with Gasteiger partial charge < -0.3 is 34.3 Å². The van der Waals surface area contributed by atoms with Gasteiger partial charge in [0.05, 0.1) is 49.3 Å². The van der Waals surface area contributed by atoms with Crippen LogP contribution in [0.3, 0.4) is 0 Å². The highest BCUT2D eigenvalue weighted by Crippen LogP contribution is 2.39. The second-order valence-corrected chi connectivity index (χ2v) is 11.6. The van der Waals surface area contributed by atoms with Crippen molar-refractivity contribution in [2.24, 2.45) is 0 Å². The SMILES string of the molecule is O=C(Nc1ccc([C@@H]2O[C@H](CN3CCC4(CC3)OCCO4)C[C@H](c3ccc(CO)cc3)O2)cc1)c1cnc2ccccc2n1. The van der Waals surface area contributed by atoms with Crippen molar-refractivity contribution in [1.29, 1.82) is 0 Å². The van der Waals surface area contributed by atoms with Crippen LogP contribution in [0.25, 0.3) is 11.0 Å². The van der Waals surface area contributed by atoms with Crippen LogP contribution in [0.2, 0.25) is 0 Å². The topological polar surface area (TPSA) is 115 Å². The van der Waals surface area contributed by atoms with Gasteiger partial charge in [0.15, 0.2) is 12.1 Å². The van der Waals surface area contributed by atoms with Crippen molar-refractivity contribution in [1.82, 2.24) is 14.9 Å². The van der Waals surface area contributed by atoms with Crippen LogP contribution in [0.5, 0.6) is 0 Å². The Morgan fingerprint density at radius 2 is 1.61 bits per heavy atom. The van der Waals surface area contributed by atoms with Crippen LogP contribution < -0.4 is 5.32 Å². The minimum absolute atomic E-state index is 0.000368. The molecular weight excluding hydrogens is 560 g/mol. The maximum absolute atomic E-state index is 12.9. The standard InChI is InChI=1S/C34H36N4O6/c39-22-23-5-7-24(8-6-23)31-19-27(21-38-15-13-34(14-16-38)41-17-18-42-34)43-33(44-31)25-9-11-26(12-10-25)36-32(40)30-20-35-28-3-1-2-4-29(28)37-30/h1-12,20,27,31,33,39H,13-19,21-22H2,(H,36,40)/t27-,31+,33+/m0/s1. The van der Waals surface area contributed by atoms with E-state index in [0.29, 0.717) is 30.8 Å². The minimum Gasteiger partial charge on any atom is -0.392 e. The summed E-state index contributed by atoms with van der Waals surface area (Å²) in [5, 5.41) is 12.4. The zero-order chi connectivity index (χ0) is 29.9. The predicted octanol–water partition coefficient (Wildman–Crippen LogP) is 4.76. The summed E-state index contributed by atoms with van der Waals surface area (Å²) in [6.07, 6.45) is 3.10. The van der Waals surface area contributed by atoms with Crippen molar-refractivity contribution in [2.45, 2.75) is 50.2 Å². The van der Waals surface area contributed by atoms with Gasteiger partial charge in [-0.25, -0.2) is 4.98 Å². The highest BCUT2D eigenvalue weighted by atomic mass is 16.7. The first-order valence-corrected chi connectivity index (χ1v) is 15.2. The third kappa shape index (κ3) is 6.37. The Morgan fingerprint density at radius 3 is 2.34 bits per heavy atom. The molecule has 0 bridgehead atoms. The minimum atomic E-state index is -0.579. The normalized spacial score (nSPS) is 23.6. The number of ether oxygens (including phenoxy) is 4. The van der Waals surface area contributed by atoms with E-state index in [1.165, 1.54) is 6.20 Å². The van der Waals surface area contributed by atoms with Gasteiger partial charge in [-0.3, -0.25) is 9.78 Å². The summed E-state index contributed by atoms with van der Waals surface area (Å²) in [4.78, 5) is 24.1. The van der Waals surface area contributed by atoms with Crippen LogP contribution in [0, 0.1) is 0 Å². The first-order valence-electron chi connectivity index (χ1n) is 15.2. The lowest BCUT2D eigenvalue weighted by atomic mass is 9.98. The van der Waals surface area contributed by atoms with E-state index in [2.05, 4.69) is 20.2 Å². The number of aliphatic hydroxyl groups is 1. The maximum Gasteiger partial charge on any atom is 0.275 e. The van der Waals surface area contributed by atoms with Crippen LogP contribution in [-0.4, -0.2) is 70.6 Å². The van der Waals surface area contributed by atoms with E-state index < -0.39 is 12.1 Å². The van der Waals surface area contributed by atoms with E-state index in [9.17, 15) is 9.90 Å². The molecule has 0 aliphatic carbocycles. The Labute approximate surface area is 255 Å². The highest BCUT2D eigenvalue weighted by molar-refractivity contribution is 6.03. The zero-order valence-corrected chi connectivity index (χ0v) is 24.4. The summed E-state index contributed by atoms with van der Waals surface area (Å²) in [6.45, 7) is 3.89. The molecule has 1 aromatic heterocycles. The van der Waals surface area contributed by atoms with Crippen LogP contribution >= 0.6 is 0 Å². The van der Waals surface area contributed by atoms with Gasteiger partial charge in [-0.15, -0.1) is 0 Å². The number of para-hydroxylation sites is 2. The molecule has 10 nitrogen and oxygen atoms in total. The lowest BCUT2D eigenvalue weighted by Crippen LogP contribution is -2.48. The lowest BCUT2D eigenvalue weighted by Gasteiger charge is -2.41. The molecule has 228 valence electrons. The molecule has 3 saturated heterocycles. The summed E-state index contributed by atoms with van der Waals surface area (Å²) in [7, 11) is 0. The highest BCUT2D eigenvalue weighted by Gasteiger charge is 2.41. The van der Waals surface area contributed by atoms with Gasteiger partial charge >= 0.3 is 0 Å². The fourth-order valence-corrected chi connectivity index (χ4v) is 6.17. The van der Waals surface area contributed by atoms with E-state index >= 15 is 0 Å². The number of nitrogens with zero attached hydrogens (tertiary/aromatic N) is 3. The second kappa shape index (κ2) is 12.7. The molecule has 3 atom stereocenters. The number of aromatic nitrogens is 2. The molecule has 3 aliphatic heterocycles. The molecule has 2 N–H and O–H groups in total. The van der Waals surface area contributed by atoms with E-state index in [1.54, 1.807) is 0 Å². The molecule has 1 spiro atoms. The molecule has 10 heteroatoms. The maximum atomic E-state index is 12.9. The van der Waals surface area contributed by atoms with Crippen LogP contribution in [0.4, 0.5) is 5.69 Å². The number of anilines is 1. The summed E-state index contributed by atoms with van der Waals surface area (Å²) in [6, 6.07) is 22.9. The Hall–Kier alpha value is -3.77. The van der Waals surface area contributed by atoms with Gasteiger partial charge in [0, 0.05) is 50.1 Å². The quantitative estimate of drug-likeness (QED) is 0.312. The van der Waals surface area contributed by atoms with E-state index in [0.717, 1.165) is 54.7 Å². The molecule has 4 heterocycles. The van der Waals surface area contributed by atoms with E-state index in [-0.39, 0.29) is 30.4 Å². The number of aliphatic hydroxyl groups excluding tert-OH is 1. The fourth-order valence-electron chi connectivity index (χ4n) is 6.17. The summed E-state index contributed by atoms with van der Waals surface area (Å²) in [5.41, 5.74) is 5.06. The van der Waals surface area contributed by atoms with E-state index in [1.807, 2.05) is 72.8 Å². The van der Waals surface area contributed by atoms with Gasteiger partial charge in [0.2, 0.25) is 0 Å². The first kappa shape index (κ1) is 29.0. The third-order valence-electron chi connectivity index (χ3n) is 8.63. The molecule has 0 saturated carbocycles. The third-order valence-corrected chi connectivity index (χ3v) is 8.63. The number of fused-ring (bicyclic) bond motifs is 1. The monoisotopic (exact) mass is 596 g/mol. The molecular formula is C34H36N4O6.